The van der Waals surface area contributed by atoms with Gasteiger partial charge in [0.1, 0.15) is 0 Å². The number of unbranched alkanes of at least 4 members (excludes halogenated alkanes) is 2. The Morgan fingerprint density at radius 2 is 1.57 bits per heavy atom. The van der Waals surface area contributed by atoms with Crippen LogP contribution in [0.3, 0.4) is 0 Å². The molecule has 77 valence electrons. The van der Waals surface area contributed by atoms with E-state index >= 15 is 0 Å². The Balaban J connectivity index is 2.29. The summed E-state index contributed by atoms with van der Waals surface area (Å²) < 4.78 is 0. The number of aryl methyl sites for hydroxylation is 2. The third-order valence-electron chi connectivity index (χ3n) is 2.54. The van der Waals surface area contributed by atoms with E-state index in [1.165, 1.54) is 11.1 Å². The van der Waals surface area contributed by atoms with Gasteiger partial charge in [-0.3, -0.25) is 0 Å². The van der Waals surface area contributed by atoms with Crippen LogP contribution in [0.4, 0.5) is 0 Å². The lowest BCUT2D eigenvalue weighted by atomic mass is 10.0. The lowest BCUT2D eigenvalue weighted by Gasteiger charge is -2.02. The molecule has 0 aromatic heterocycles. The van der Waals surface area contributed by atoms with E-state index in [1.54, 1.807) is 0 Å². The maximum atomic E-state index is 10.2. The number of hydrogen-bond acceptors (Lipinski definition) is 0. The first-order valence-corrected chi connectivity index (χ1v) is 5.52. The minimum absolute atomic E-state index is 0.0781. The van der Waals surface area contributed by atoms with E-state index in [1.807, 2.05) is 0 Å². The highest BCUT2D eigenvalue weighted by atomic mass is 16.2. The van der Waals surface area contributed by atoms with E-state index in [9.17, 15) is 5.11 Å². The second-order valence-electron chi connectivity index (χ2n) is 3.68. The van der Waals surface area contributed by atoms with E-state index < -0.39 is 0 Å². The Kier molecular flexibility index (Phi) is 5.31. The van der Waals surface area contributed by atoms with Gasteiger partial charge in [0.05, 0.1) is 6.61 Å². The lowest BCUT2D eigenvalue weighted by molar-refractivity contribution is 0.186. The van der Waals surface area contributed by atoms with E-state index in [-0.39, 0.29) is 6.61 Å². The molecular weight excluding hydrogens is 172 g/mol. The molecule has 14 heavy (non-hydrogen) atoms. The standard InChI is InChI=1S/C13H19O/c1-2-12-7-9-13(10-8-12)6-4-3-5-11-14/h7-10H,2-6,11H2,1H3. The van der Waals surface area contributed by atoms with Crippen LogP contribution in [0.5, 0.6) is 0 Å². The minimum Gasteiger partial charge on any atom is -0.237 e. The highest BCUT2D eigenvalue weighted by Gasteiger charge is 1.94. The van der Waals surface area contributed by atoms with Gasteiger partial charge in [0.25, 0.3) is 0 Å². The molecule has 0 fully saturated rings. The Morgan fingerprint density at radius 3 is 2.14 bits per heavy atom. The molecule has 1 rings (SSSR count). The van der Waals surface area contributed by atoms with Crippen molar-refractivity contribution in [2.24, 2.45) is 0 Å². The predicted molar refractivity (Wildman–Crippen MR) is 58.9 cm³/mol. The lowest BCUT2D eigenvalue weighted by Crippen LogP contribution is -1.88. The predicted octanol–water partition coefficient (Wildman–Crippen LogP) is 3.39. The average Bonchev–Trinajstić information content (AvgIpc) is 2.25. The molecule has 1 heteroatoms. The topological polar surface area (TPSA) is 19.9 Å². The second-order valence-corrected chi connectivity index (χ2v) is 3.68. The molecular formula is C13H19O. The molecule has 0 atom stereocenters. The smallest absolute Gasteiger partial charge is 0.0822 e. The van der Waals surface area contributed by atoms with Crippen LogP contribution in [0.1, 0.15) is 37.3 Å². The molecule has 0 heterocycles. The molecule has 0 unspecified atom stereocenters. The van der Waals surface area contributed by atoms with Crippen molar-refractivity contribution in [1.29, 1.82) is 0 Å². The first-order valence-electron chi connectivity index (χ1n) is 5.52. The first-order chi connectivity index (χ1) is 6.86. The van der Waals surface area contributed by atoms with Crippen molar-refractivity contribution in [1.82, 2.24) is 0 Å². The summed E-state index contributed by atoms with van der Waals surface area (Å²) in [5, 5.41) is 10.2. The summed E-state index contributed by atoms with van der Waals surface area (Å²) in [6.07, 6.45) is 5.26. The molecule has 0 aliphatic rings. The number of rotatable bonds is 6. The van der Waals surface area contributed by atoms with Gasteiger partial charge in [0, 0.05) is 0 Å². The SMILES string of the molecule is CCc1ccc(CCCCC[O])cc1. The summed E-state index contributed by atoms with van der Waals surface area (Å²) in [6, 6.07) is 8.80. The Hall–Kier alpha value is -0.820. The fourth-order valence-corrected chi connectivity index (χ4v) is 1.55. The van der Waals surface area contributed by atoms with Crippen molar-refractivity contribution in [2.75, 3.05) is 6.61 Å². The van der Waals surface area contributed by atoms with Crippen LogP contribution in [0.25, 0.3) is 0 Å². The van der Waals surface area contributed by atoms with Crippen LogP contribution in [-0.4, -0.2) is 6.61 Å². The summed E-state index contributed by atoms with van der Waals surface area (Å²) in [7, 11) is 0. The van der Waals surface area contributed by atoms with Gasteiger partial charge in [0.2, 0.25) is 0 Å². The monoisotopic (exact) mass is 191 g/mol. The molecule has 1 aromatic carbocycles. The first kappa shape index (κ1) is 11.3. The van der Waals surface area contributed by atoms with Crippen LogP contribution in [0.2, 0.25) is 0 Å². The maximum absolute atomic E-state index is 10.2. The molecule has 1 nitrogen and oxygen atoms in total. The van der Waals surface area contributed by atoms with Crippen molar-refractivity contribution >= 4 is 0 Å². The summed E-state index contributed by atoms with van der Waals surface area (Å²) in [4.78, 5) is 0. The molecule has 0 saturated heterocycles. The van der Waals surface area contributed by atoms with Crippen molar-refractivity contribution in [2.45, 2.75) is 39.0 Å². The van der Waals surface area contributed by atoms with E-state index in [0.717, 1.165) is 32.1 Å². The minimum atomic E-state index is 0.0781. The van der Waals surface area contributed by atoms with E-state index in [0.29, 0.717) is 0 Å². The largest absolute Gasteiger partial charge is 0.237 e. The molecule has 0 aliphatic heterocycles. The zero-order valence-corrected chi connectivity index (χ0v) is 8.96. The average molecular weight is 191 g/mol. The molecule has 0 N–H and O–H groups in total. The van der Waals surface area contributed by atoms with Gasteiger partial charge in [-0.1, -0.05) is 37.6 Å². The van der Waals surface area contributed by atoms with Gasteiger partial charge in [-0.2, -0.15) is 0 Å². The molecule has 1 aromatic rings. The van der Waals surface area contributed by atoms with Gasteiger partial charge in [-0.05, 0) is 36.8 Å². The highest BCUT2D eigenvalue weighted by molar-refractivity contribution is 5.22. The Bertz CT molecular complexity index is 238. The zero-order valence-electron chi connectivity index (χ0n) is 8.96. The van der Waals surface area contributed by atoms with Crippen molar-refractivity contribution in [3.8, 4) is 0 Å². The Labute approximate surface area is 86.8 Å². The van der Waals surface area contributed by atoms with E-state index in [2.05, 4.69) is 31.2 Å². The number of benzene rings is 1. The van der Waals surface area contributed by atoms with E-state index in [4.69, 9.17) is 0 Å². The van der Waals surface area contributed by atoms with Crippen molar-refractivity contribution < 1.29 is 5.11 Å². The van der Waals surface area contributed by atoms with Crippen LogP contribution >= 0.6 is 0 Å². The summed E-state index contributed by atoms with van der Waals surface area (Å²) in [5.74, 6) is 0. The third-order valence-corrected chi connectivity index (χ3v) is 2.54. The van der Waals surface area contributed by atoms with Crippen LogP contribution < -0.4 is 0 Å². The Morgan fingerprint density at radius 1 is 0.929 bits per heavy atom. The van der Waals surface area contributed by atoms with Crippen molar-refractivity contribution in [3.63, 3.8) is 0 Å². The molecule has 0 saturated carbocycles. The van der Waals surface area contributed by atoms with Gasteiger partial charge in [0.15, 0.2) is 0 Å². The fraction of sp³-hybridized carbons (Fsp3) is 0.538. The van der Waals surface area contributed by atoms with Crippen LogP contribution in [0.15, 0.2) is 24.3 Å². The summed E-state index contributed by atoms with van der Waals surface area (Å²) >= 11 is 0. The fourth-order valence-electron chi connectivity index (χ4n) is 1.55. The highest BCUT2D eigenvalue weighted by Crippen LogP contribution is 2.09. The van der Waals surface area contributed by atoms with Gasteiger partial charge in [-0.15, -0.1) is 0 Å². The third kappa shape index (κ3) is 3.93. The molecule has 0 bridgehead atoms. The van der Waals surface area contributed by atoms with Crippen molar-refractivity contribution in [3.05, 3.63) is 35.4 Å². The molecule has 0 aliphatic carbocycles. The summed E-state index contributed by atoms with van der Waals surface area (Å²) in [6.45, 7) is 2.25. The maximum Gasteiger partial charge on any atom is 0.0822 e. The second kappa shape index (κ2) is 6.61. The van der Waals surface area contributed by atoms with Crippen LogP contribution in [-0.2, 0) is 17.9 Å². The van der Waals surface area contributed by atoms with Gasteiger partial charge in [-0.25, -0.2) is 5.11 Å². The normalized spacial score (nSPS) is 10.4. The molecule has 1 radical (unpaired) electrons. The van der Waals surface area contributed by atoms with Gasteiger partial charge < -0.3 is 0 Å². The quantitative estimate of drug-likeness (QED) is 0.614. The van der Waals surface area contributed by atoms with Gasteiger partial charge >= 0.3 is 0 Å². The molecule has 0 amide bonds. The zero-order chi connectivity index (χ0) is 10.2. The van der Waals surface area contributed by atoms with Crippen LogP contribution in [0, 0.1) is 0 Å². The number of hydrogen-bond donors (Lipinski definition) is 0. The summed E-state index contributed by atoms with van der Waals surface area (Å²) in [5.41, 5.74) is 2.79. The molecule has 0 spiro atoms.